The van der Waals surface area contributed by atoms with Crippen molar-refractivity contribution in [3.8, 4) is 17.5 Å². The van der Waals surface area contributed by atoms with Gasteiger partial charge in [0.1, 0.15) is 17.6 Å². The van der Waals surface area contributed by atoms with Crippen molar-refractivity contribution in [2.24, 2.45) is 0 Å². The highest BCUT2D eigenvalue weighted by atomic mass is 16.3. The van der Waals surface area contributed by atoms with Crippen molar-refractivity contribution < 1.29 is 14.0 Å². The summed E-state index contributed by atoms with van der Waals surface area (Å²) in [6, 6.07) is 15.6. The molecule has 1 fully saturated rings. The van der Waals surface area contributed by atoms with E-state index in [1.165, 1.54) is 0 Å². The smallest absolute Gasteiger partial charge is 0.312 e. The van der Waals surface area contributed by atoms with Gasteiger partial charge in [0.15, 0.2) is 5.76 Å². The van der Waals surface area contributed by atoms with Crippen LogP contribution in [0.4, 0.5) is 5.82 Å². The predicted molar refractivity (Wildman–Crippen MR) is 126 cm³/mol. The lowest BCUT2D eigenvalue weighted by molar-refractivity contribution is -0.146. The van der Waals surface area contributed by atoms with Gasteiger partial charge in [0.2, 0.25) is 0 Å². The number of pyridine rings is 1. The van der Waals surface area contributed by atoms with Crippen molar-refractivity contribution in [1.29, 1.82) is 5.26 Å². The zero-order chi connectivity index (χ0) is 23.5. The van der Waals surface area contributed by atoms with Crippen molar-refractivity contribution >= 4 is 17.6 Å². The maximum absolute atomic E-state index is 12.7. The Balaban J connectivity index is 1.29. The average Bonchev–Trinajstić information content (AvgIpc) is 3.59. The Morgan fingerprint density at radius 3 is 2.50 bits per heavy atom. The Morgan fingerprint density at radius 1 is 1.03 bits per heavy atom. The summed E-state index contributed by atoms with van der Waals surface area (Å²) in [7, 11) is 0. The number of hydrogen-bond donors (Lipinski definition) is 1. The third-order valence-electron chi connectivity index (χ3n) is 6.47. The zero-order valence-electron chi connectivity index (χ0n) is 18.8. The zero-order valence-corrected chi connectivity index (χ0v) is 18.8. The Morgan fingerprint density at radius 2 is 1.79 bits per heavy atom. The molecule has 2 amide bonds. The minimum atomic E-state index is -0.606. The minimum Gasteiger partial charge on any atom is -0.463 e. The van der Waals surface area contributed by atoms with Crippen LogP contribution >= 0.6 is 0 Å². The van der Waals surface area contributed by atoms with Gasteiger partial charge in [-0.15, -0.1) is 0 Å². The van der Waals surface area contributed by atoms with Gasteiger partial charge in [-0.2, -0.15) is 5.26 Å². The SMILES string of the molecule is N#Cc1c(N2CCN(C(=O)C(=O)NCc3ccccc3)CC2)nc(-c2ccco2)c2c1CCC2. The lowest BCUT2D eigenvalue weighted by Crippen LogP contribution is -2.53. The number of nitrogens with zero attached hydrogens (tertiary/aromatic N) is 4. The van der Waals surface area contributed by atoms with E-state index in [4.69, 9.17) is 9.40 Å². The largest absolute Gasteiger partial charge is 0.463 e. The lowest BCUT2D eigenvalue weighted by atomic mass is 10.0. The number of rotatable bonds is 4. The molecule has 2 aromatic heterocycles. The van der Waals surface area contributed by atoms with Crippen molar-refractivity contribution in [3.63, 3.8) is 0 Å². The highest BCUT2D eigenvalue weighted by Gasteiger charge is 2.31. The summed E-state index contributed by atoms with van der Waals surface area (Å²) in [5.74, 6) is 0.197. The van der Waals surface area contributed by atoms with Crippen LogP contribution in [0.2, 0.25) is 0 Å². The molecule has 0 bridgehead atoms. The Bertz CT molecular complexity index is 1240. The fourth-order valence-corrected chi connectivity index (χ4v) is 4.73. The summed E-state index contributed by atoms with van der Waals surface area (Å²) in [4.78, 5) is 33.5. The maximum Gasteiger partial charge on any atom is 0.312 e. The third-order valence-corrected chi connectivity index (χ3v) is 6.47. The standard InChI is InChI=1S/C26H25N5O3/c27-16-21-19-8-4-9-20(19)23(22-10-5-15-34-22)29-24(21)30-11-13-31(14-12-30)26(33)25(32)28-17-18-6-2-1-3-7-18/h1-3,5-7,10,15H,4,8-9,11-14,17H2,(H,28,32). The van der Waals surface area contributed by atoms with Gasteiger partial charge < -0.3 is 19.5 Å². The second-order valence-corrected chi connectivity index (χ2v) is 8.51. The quantitative estimate of drug-likeness (QED) is 0.607. The van der Waals surface area contributed by atoms with Gasteiger partial charge in [-0.05, 0) is 48.1 Å². The number of piperazine rings is 1. The normalized spacial score (nSPS) is 15.0. The molecule has 5 rings (SSSR count). The molecule has 1 aromatic carbocycles. The van der Waals surface area contributed by atoms with Crippen LogP contribution in [0.5, 0.6) is 0 Å². The van der Waals surface area contributed by atoms with Crippen molar-refractivity contribution in [2.45, 2.75) is 25.8 Å². The summed E-state index contributed by atoms with van der Waals surface area (Å²) in [6.45, 7) is 2.08. The molecule has 8 heteroatoms. The van der Waals surface area contributed by atoms with E-state index in [9.17, 15) is 14.9 Å². The number of furan rings is 1. The molecule has 172 valence electrons. The van der Waals surface area contributed by atoms with Crippen LogP contribution in [0, 0.1) is 11.3 Å². The minimum absolute atomic E-state index is 0.311. The van der Waals surface area contributed by atoms with E-state index in [2.05, 4.69) is 11.4 Å². The number of nitrogens with one attached hydrogen (secondary N) is 1. The van der Waals surface area contributed by atoms with Crippen LogP contribution in [-0.2, 0) is 29.0 Å². The van der Waals surface area contributed by atoms with Crippen LogP contribution in [0.25, 0.3) is 11.5 Å². The number of aromatic nitrogens is 1. The first-order valence-corrected chi connectivity index (χ1v) is 11.5. The first-order chi connectivity index (χ1) is 16.7. The van der Waals surface area contributed by atoms with Crippen LogP contribution in [-0.4, -0.2) is 47.9 Å². The van der Waals surface area contributed by atoms with Gasteiger partial charge >= 0.3 is 11.8 Å². The second-order valence-electron chi connectivity index (χ2n) is 8.51. The molecule has 0 radical (unpaired) electrons. The van der Waals surface area contributed by atoms with E-state index < -0.39 is 11.8 Å². The van der Waals surface area contributed by atoms with Gasteiger partial charge in [0.05, 0.1) is 11.8 Å². The topological polar surface area (TPSA) is 102 Å². The highest BCUT2D eigenvalue weighted by Crippen LogP contribution is 2.37. The molecule has 0 spiro atoms. The molecule has 2 aliphatic rings. The molecule has 0 atom stereocenters. The Hall–Kier alpha value is -4.12. The lowest BCUT2D eigenvalue weighted by Gasteiger charge is -2.35. The van der Waals surface area contributed by atoms with E-state index in [-0.39, 0.29) is 0 Å². The van der Waals surface area contributed by atoms with Gasteiger partial charge in [-0.1, -0.05) is 30.3 Å². The van der Waals surface area contributed by atoms with Gasteiger partial charge in [-0.25, -0.2) is 4.98 Å². The number of hydrogen-bond acceptors (Lipinski definition) is 6. The van der Waals surface area contributed by atoms with Gasteiger partial charge in [-0.3, -0.25) is 9.59 Å². The molecule has 1 aliphatic heterocycles. The van der Waals surface area contributed by atoms with Gasteiger partial charge in [0.25, 0.3) is 0 Å². The number of benzene rings is 1. The summed E-state index contributed by atoms with van der Waals surface area (Å²) in [6.07, 6.45) is 4.35. The average molecular weight is 456 g/mol. The molecule has 34 heavy (non-hydrogen) atoms. The monoisotopic (exact) mass is 455 g/mol. The van der Waals surface area contributed by atoms with E-state index in [1.54, 1.807) is 11.2 Å². The molecule has 3 aromatic rings. The Labute approximate surface area is 197 Å². The van der Waals surface area contributed by atoms with Crippen molar-refractivity contribution in [3.05, 3.63) is 71.0 Å². The number of nitriles is 1. The highest BCUT2D eigenvalue weighted by molar-refractivity contribution is 6.35. The number of anilines is 1. The van der Waals surface area contributed by atoms with Gasteiger partial charge in [0, 0.05) is 32.7 Å². The summed E-state index contributed by atoms with van der Waals surface area (Å²) < 4.78 is 5.63. The molecule has 1 saturated heterocycles. The van der Waals surface area contributed by atoms with E-state index in [0.717, 1.165) is 41.6 Å². The number of carbonyl (C=O) groups is 2. The molecule has 0 unspecified atom stereocenters. The molecule has 1 N–H and O–H groups in total. The molecule has 3 heterocycles. The van der Waals surface area contributed by atoms with E-state index in [0.29, 0.717) is 49.9 Å². The number of fused-ring (bicyclic) bond motifs is 1. The van der Waals surface area contributed by atoms with Crippen LogP contribution in [0.15, 0.2) is 53.1 Å². The maximum atomic E-state index is 12.7. The summed E-state index contributed by atoms with van der Waals surface area (Å²) in [5.41, 5.74) is 4.50. The Kier molecular flexibility index (Phi) is 6.00. The van der Waals surface area contributed by atoms with Crippen molar-refractivity contribution in [2.75, 3.05) is 31.1 Å². The number of carbonyl (C=O) groups excluding carboxylic acids is 2. The fraction of sp³-hybridized carbons (Fsp3) is 0.308. The first kappa shape index (κ1) is 21.7. The van der Waals surface area contributed by atoms with Crippen LogP contribution in [0.3, 0.4) is 0 Å². The molecule has 8 nitrogen and oxygen atoms in total. The second kappa shape index (κ2) is 9.40. The summed E-state index contributed by atoms with van der Waals surface area (Å²) in [5, 5.41) is 12.6. The predicted octanol–water partition coefficient (Wildman–Crippen LogP) is 2.67. The first-order valence-electron chi connectivity index (χ1n) is 11.5. The molecular formula is C26H25N5O3. The molecule has 1 aliphatic carbocycles. The third kappa shape index (κ3) is 4.13. The summed E-state index contributed by atoms with van der Waals surface area (Å²) >= 11 is 0. The molecular weight excluding hydrogens is 430 g/mol. The van der Waals surface area contributed by atoms with Crippen LogP contribution < -0.4 is 10.2 Å². The van der Waals surface area contributed by atoms with Crippen molar-refractivity contribution in [1.82, 2.24) is 15.2 Å². The fourth-order valence-electron chi connectivity index (χ4n) is 4.73. The number of amides is 2. The van der Waals surface area contributed by atoms with E-state index >= 15 is 0 Å². The molecule has 0 saturated carbocycles. The van der Waals surface area contributed by atoms with Crippen LogP contribution in [0.1, 0.15) is 28.7 Å². The van der Waals surface area contributed by atoms with E-state index in [1.807, 2.05) is 47.4 Å².